The van der Waals surface area contributed by atoms with E-state index in [0.29, 0.717) is 0 Å². The highest BCUT2D eigenvalue weighted by atomic mass is 16.5. The summed E-state index contributed by atoms with van der Waals surface area (Å²) in [6.07, 6.45) is 2.09. The van der Waals surface area contributed by atoms with Gasteiger partial charge in [-0.3, -0.25) is 4.90 Å². The summed E-state index contributed by atoms with van der Waals surface area (Å²) in [5.74, 6) is 0.885. The van der Waals surface area contributed by atoms with Crippen LogP contribution in [0, 0.1) is 0 Å². The molecular formula is C20H22N2O. The molecule has 2 aromatic carbocycles. The Hall–Kier alpha value is -2.52. The van der Waals surface area contributed by atoms with Crippen LogP contribution in [-0.2, 0) is 13.1 Å². The molecule has 0 bridgehead atoms. The average molecular weight is 306 g/mol. The molecule has 0 saturated heterocycles. The van der Waals surface area contributed by atoms with Gasteiger partial charge in [-0.2, -0.15) is 0 Å². The maximum absolute atomic E-state index is 5.49. The van der Waals surface area contributed by atoms with E-state index in [-0.39, 0.29) is 0 Å². The molecule has 0 saturated carbocycles. The number of hydrogen-bond donors (Lipinski definition) is 0. The van der Waals surface area contributed by atoms with E-state index in [4.69, 9.17) is 4.74 Å². The molecule has 0 aliphatic carbocycles. The summed E-state index contributed by atoms with van der Waals surface area (Å²) in [5, 5.41) is 0. The first kappa shape index (κ1) is 15.4. The molecule has 118 valence electrons. The normalized spacial score (nSPS) is 10.9. The summed E-state index contributed by atoms with van der Waals surface area (Å²) < 4.78 is 7.69. The number of ether oxygens (including phenoxy) is 1. The van der Waals surface area contributed by atoms with Crippen LogP contribution >= 0.6 is 0 Å². The zero-order chi connectivity index (χ0) is 16.1. The fourth-order valence-electron chi connectivity index (χ4n) is 2.84. The van der Waals surface area contributed by atoms with Gasteiger partial charge in [0.2, 0.25) is 0 Å². The topological polar surface area (TPSA) is 17.4 Å². The molecule has 0 atom stereocenters. The van der Waals surface area contributed by atoms with Gasteiger partial charge in [0.15, 0.2) is 0 Å². The predicted molar refractivity (Wildman–Crippen MR) is 93.9 cm³/mol. The van der Waals surface area contributed by atoms with Crippen molar-refractivity contribution in [2.45, 2.75) is 13.1 Å². The first-order valence-electron chi connectivity index (χ1n) is 7.80. The molecule has 0 amide bonds. The lowest BCUT2D eigenvalue weighted by atomic mass is 10.2. The van der Waals surface area contributed by atoms with E-state index in [1.54, 1.807) is 7.11 Å². The molecule has 0 spiro atoms. The third-order valence-corrected chi connectivity index (χ3v) is 3.91. The summed E-state index contributed by atoms with van der Waals surface area (Å²) in [5.41, 5.74) is 3.64. The van der Waals surface area contributed by atoms with E-state index in [9.17, 15) is 0 Å². The van der Waals surface area contributed by atoms with Gasteiger partial charge >= 0.3 is 0 Å². The zero-order valence-electron chi connectivity index (χ0n) is 13.6. The van der Waals surface area contributed by atoms with Crippen molar-refractivity contribution in [1.29, 1.82) is 0 Å². The van der Waals surface area contributed by atoms with Crippen LogP contribution in [0.5, 0.6) is 5.75 Å². The lowest BCUT2D eigenvalue weighted by Crippen LogP contribution is -2.19. The second-order valence-corrected chi connectivity index (χ2v) is 5.70. The van der Waals surface area contributed by atoms with E-state index in [2.05, 4.69) is 71.2 Å². The largest absolute Gasteiger partial charge is 0.495 e. The Morgan fingerprint density at radius 1 is 0.870 bits per heavy atom. The van der Waals surface area contributed by atoms with Crippen LogP contribution in [0.25, 0.3) is 5.69 Å². The van der Waals surface area contributed by atoms with Crippen molar-refractivity contribution in [2.24, 2.45) is 0 Å². The van der Waals surface area contributed by atoms with Gasteiger partial charge in [0.05, 0.1) is 12.8 Å². The van der Waals surface area contributed by atoms with Crippen molar-refractivity contribution < 1.29 is 4.74 Å². The summed E-state index contributed by atoms with van der Waals surface area (Å²) in [4.78, 5) is 2.32. The van der Waals surface area contributed by atoms with Gasteiger partial charge in [-0.1, -0.05) is 42.5 Å². The van der Waals surface area contributed by atoms with E-state index in [1.165, 1.54) is 11.3 Å². The molecule has 0 aliphatic rings. The third kappa shape index (κ3) is 3.63. The molecule has 23 heavy (non-hydrogen) atoms. The monoisotopic (exact) mass is 306 g/mol. The average Bonchev–Trinajstić information content (AvgIpc) is 3.03. The lowest BCUT2D eigenvalue weighted by Gasteiger charge is -2.19. The summed E-state index contributed by atoms with van der Waals surface area (Å²) in [7, 11) is 3.86. The smallest absolute Gasteiger partial charge is 0.142 e. The summed E-state index contributed by atoms with van der Waals surface area (Å²) in [6, 6.07) is 22.9. The highest BCUT2D eigenvalue weighted by Crippen LogP contribution is 2.24. The first-order chi connectivity index (χ1) is 11.3. The lowest BCUT2D eigenvalue weighted by molar-refractivity contribution is 0.313. The number of rotatable bonds is 6. The van der Waals surface area contributed by atoms with Crippen LogP contribution in [0.3, 0.4) is 0 Å². The minimum atomic E-state index is 0.875. The van der Waals surface area contributed by atoms with Gasteiger partial charge in [-0.15, -0.1) is 0 Å². The highest BCUT2D eigenvalue weighted by Gasteiger charge is 2.10. The number of hydrogen-bond acceptors (Lipinski definition) is 2. The Labute approximate surface area is 137 Å². The fraction of sp³-hybridized carbons (Fsp3) is 0.200. The van der Waals surface area contributed by atoms with Gasteiger partial charge < -0.3 is 9.30 Å². The quantitative estimate of drug-likeness (QED) is 0.681. The maximum atomic E-state index is 5.49. The van der Waals surface area contributed by atoms with Gasteiger partial charge in [-0.25, -0.2) is 0 Å². The van der Waals surface area contributed by atoms with E-state index < -0.39 is 0 Å². The number of benzene rings is 2. The second-order valence-electron chi connectivity index (χ2n) is 5.70. The summed E-state index contributed by atoms with van der Waals surface area (Å²) >= 11 is 0. The molecule has 3 nitrogen and oxygen atoms in total. The third-order valence-electron chi connectivity index (χ3n) is 3.91. The first-order valence-corrected chi connectivity index (χ1v) is 7.80. The number of para-hydroxylation sites is 2. The molecule has 0 aliphatic heterocycles. The standard InChI is InChI=1S/C20H22N2O/c1-21(15-17-9-4-3-5-10-17)16-18-11-8-14-22(18)19-12-6-7-13-20(19)23-2/h3-14H,15-16H2,1-2H3. The highest BCUT2D eigenvalue weighted by molar-refractivity contribution is 5.48. The number of nitrogens with zero attached hydrogens (tertiary/aromatic N) is 2. The van der Waals surface area contributed by atoms with Gasteiger partial charge in [-0.05, 0) is 36.9 Å². The molecular weight excluding hydrogens is 284 g/mol. The van der Waals surface area contributed by atoms with Crippen molar-refractivity contribution in [3.05, 3.63) is 84.2 Å². The molecule has 0 radical (unpaired) electrons. The van der Waals surface area contributed by atoms with Gasteiger partial charge in [0, 0.05) is 25.0 Å². The predicted octanol–water partition coefficient (Wildman–Crippen LogP) is 4.12. The van der Waals surface area contributed by atoms with Crippen molar-refractivity contribution in [3.8, 4) is 11.4 Å². The Kier molecular flexibility index (Phi) is 4.79. The summed E-state index contributed by atoms with van der Waals surface area (Å²) in [6.45, 7) is 1.80. The number of methoxy groups -OCH3 is 1. The van der Waals surface area contributed by atoms with Crippen LogP contribution in [0.2, 0.25) is 0 Å². The van der Waals surface area contributed by atoms with Crippen LogP contribution in [0.15, 0.2) is 72.9 Å². The van der Waals surface area contributed by atoms with Crippen LogP contribution in [-0.4, -0.2) is 23.6 Å². The van der Waals surface area contributed by atoms with Crippen molar-refractivity contribution in [1.82, 2.24) is 9.47 Å². The van der Waals surface area contributed by atoms with Gasteiger partial charge in [0.1, 0.15) is 5.75 Å². The molecule has 3 rings (SSSR count). The molecule has 3 aromatic rings. The van der Waals surface area contributed by atoms with E-state index in [1.807, 2.05) is 18.2 Å². The minimum Gasteiger partial charge on any atom is -0.495 e. The van der Waals surface area contributed by atoms with Crippen LogP contribution in [0.1, 0.15) is 11.3 Å². The number of aromatic nitrogens is 1. The fourth-order valence-corrected chi connectivity index (χ4v) is 2.84. The second kappa shape index (κ2) is 7.16. The molecule has 0 unspecified atom stereocenters. The Bertz CT molecular complexity index is 749. The van der Waals surface area contributed by atoms with E-state index >= 15 is 0 Å². The van der Waals surface area contributed by atoms with Crippen LogP contribution < -0.4 is 4.74 Å². The Morgan fingerprint density at radius 2 is 1.61 bits per heavy atom. The molecule has 0 fully saturated rings. The minimum absolute atomic E-state index is 0.875. The Balaban J connectivity index is 1.78. The Morgan fingerprint density at radius 3 is 2.39 bits per heavy atom. The molecule has 1 heterocycles. The molecule has 3 heteroatoms. The zero-order valence-corrected chi connectivity index (χ0v) is 13.6. The van der Waals surface area contributed by atoms with Gasteiger partial charge in [0.25, 0.3) is 0 Å². The van der Waals surface area contributed by atoms with E-state index in [0.717, 1.165) is 24.5 Å². The maximum Gasteiger partial charge on any atom is 0.142 e. The van der Waals surface area contributed by atoms with Crippen molar-refractivity contribution in [3.63, 3.8) is 0 Å². The van der Waals surface area contributed by atoms with Crippen molar-refractivity contribution >= 4 is 0 Å². The van der Waals surface area contributed by atoms with Crippen LogP contribution in [0.4, 0.5) is 0 Å². The molecule has 1 aromatic heterocycles. The van der Waals surface area contributed by atoms with Crippen molar-refractivity contribution in [2.75, 3.05) is 14.2 Å². The molecule has 0 N–H and O–H groups in total. The SMILES string of the molecule is COc1ccccc1-n1cccc1CN(C)Cc1ccccc1.